The molecule has 5 nitrogen and oxygen atoms in total. The minimum absolute atomic E-state index is 0.0258. The average molecular weight is 270 g/mol. The number of hydrogen-bond donors (Lipinski definition) is 0. The molecule has 100 valence electrons. The van der Waals surface area contributed by atoms with E-state index >= 15 is 0 Å². The first-order chi connectivity index (χ1) is 8.56. The highest BCUT2D eigenvalue weighted by atomic mass is 32.2. The van der Waals surface area contributed by atoms with Crippen LogP contribution in [-0.4, -0.2) is 36.8 Å². The van der Waals surface area contributed by atoms with Gasteiger partial charge in [-0.15, -0.1) is 0 Å². The summed E-state index contributed by atoms with van der Waals surface area (Å²) in [4.78, 5) is 11.7. The van der Waals surface area contributed by atoms with Crippen LogP contribution in [0.15, 0.2) is 0 Å². The van der Waals surface area contributed by atoms with Crippen LogP contribution >= 0.6 is 0 Å². The minimum Gasteiger partial charge on any atom is -0.299 e. The first-order valence-electron chi connectivity index (χ1n) is 6.45. The average Bonchev–Trinajstić information content (AvgIpc) is 2.79. The number of nitriles is 1. The molecule has 1 saturated carbocycles. The molecular formula is C12H18N2O3S. The molecule has 0 aromatic carbocycles. The van der Waals surface area contributed by atoms with Crippen molar-refractivity contribution < 1.29 is 13.2 Å². The molecule has 1 saturated heterocycles. The van der Waals surface area contributed by atoms with E-state index in [1.807, 2.05) is 6.07 Å². The number of fused-ring (bicyclic) bond motifs is 1. The number of Topliss-reactive ketones (excluding diaryl/α,β-unsaturated/α-hetero) is 1. The maximum absolute atomic E-state index is 12.2. The number of carbonyl (C=O) groups excluding carboxylic acids is 1. The maximum atomic E-state index is 12.2. The predicted octanol–water partition coefficient (Wildman–Crippen LogP) is 1.06. The number of ketones is 1. The van der Waals surface area contributed by atoms with Crippen molar-refractivity contribution in [2.45, 2.75) is 44.6 Å². The van der Waals surface area contributed by atoms with Gasteiger partial charge in [-0.05, 0) is 19.3 Å². The fraction of sp³-hybridized carbons (Fsp3) is 0.833. The summed E-state index contributed by atoms with van der Waals surface area (Å²) in [7, 11) is -3.30. The molecule has 0 spiro atoms. The van der Waals surface area contributed by atoms with Crippen LogP contribution in [0, 0.1) is 17.2 Å². The Morgan fingerprint density at radius 2 is 2.17 bits per heavy atom. The smallest absolute Gasteiger partial charge is 0.214 e. The van der Waals surface area contributed by atoms with Gasteiger partial charge in [0, 0.05) is 31.3 Å². The zero-order valence-electron chi connectivity index (χ0n) is 10.3. The molecular weight excluding hydrogens is 252 g/mol. The van der Waals surface area contributed by atoms with Gasteiger partial charge in [0.2, 0.25) is 10.0 Å². The molecule has 1 heterocycles. The molecule has 1 aliphatic carbocycles. The summed E-state index contributed by atoms with van der Waals surface area (Å²) in [6.45, 7) is 0.328. The SMILES string of the molecule is N#CCCCS(=O)(=O)N1CCC(=O)C2CCCC21. The van der Waals surface area contributed by atoms with Gasteiger partial charge in [0.1, 0.15) is 5.78 Å². The Labute approximate surface area is 108 Å². The minimum atomic E-state index is -3.30. The Bertz CT molecular complexity index is 466. The van der Waals surface area contributed by atoms with Crippen LogP contribution in [0.4, 0.5) is 0 Å². The predicted molar refractivity (Wildman–Crippen MR) is 66.1 cm³/mol. The molecule has 0 amide bonds. The quantitative estimate of drug-likeness (QED) is 0.716. The van der Waals surface area contributed by atoms with Crippen LogP contribution in [0.3, 0.4) is 0 Å². The monoisotopic (exact) mass is 270 g/mol. The zero-order chi connectivity index (χ0) is 13.2. The van der Waals surface area contributed by atoms with Crippen molar-refractivity contribution in [3.63, 3.8) is 0 Å². The van der Waals surface area contributed by atoms with E-state index in [1.165, 1.54) is 4.31 Å². The lowest BCUT2D eigenvalue weighted by molar-refractivity contribution is -0.126. The van der Waals surface area contributed by atoms with Crippen molar-refractivity contribution in [2.24, 2.45) is 5.92 Å². The molecule has 2 unspecified atom stereocenters. The van der Waals surface area contributed by atoms with E-state index in [0.717, 1.165) is 19.3 Å². The van der Waals surface area contributed by atoms with E-state index in [0.29, 0.717) is 19.4 Å². The van der Waals surface area contributed by atoms with E-state index in [4.69, 9.17) is 5.26 Å². The van der Waals surface area contributed by atoms with Crippen molar-refractivity contribution in [3.05, 3.63) is 0 Å². The van der Waals surface area contributed by atoms with Gasteiger partial charge in [0.15, 0.2) is 0 Å². The third-order valence-electron chi connectivity index (χ3n) is 3.89. The third-order valence-corrected chi connectivity index (χ3v) is 5.86. The normalized spacial score (nSPS) is 28.9. The number of unbranched alkanes of at least 4 members (excludes halogenated alkanes) is 1. The van der Waals surface area contributed by atoms with Crippen molar-refractivity contribution >= 4 is 15.8 Å². The van der Waals surface area contributed by atoms with Gasteiger partial charge in [0.25, 0.3) is 0 Å². The number of rotatable bonds is 4. The molecule has 0 N–H and O–H groups in total. The largest absolute Gasteiger partial charge is 0.299 e. The highest BCUT2D eigenvalue weighted by Crippen LogP contribution is 2.36. The van der Waals surface area contributed by atoms with Crippen molar-refractivity contribution in [2.75, 3.05) is 12.3 Å². The standard InChI is InChI=1S/C12H18N2O3S/c13-7-1-2-9-18(16,17)14-8-6-12(15)10-4-3-5-11(10)14/h10-11H,1-6,8-9H2. The van der Waals surface area contributed by atoms with E-state index in [2.05, 4.69) is 0 Å². The Morgan fingerprint density at radius 3 is 2.89 bits per heavy atom. The second-order valence-electron chi connectivity index (χ2n) is 5.01. The van der Waals surface area contributed by atoms with Gasteiger partial charge in [-0.2, -0.15) is 9.57 Å². The Balaban J connectivity index is 2.08. The number of nitrogens with zero attached hydrogens (tertiary/aromatic N) is 2. The number of sulfonamides is 1. The summed E-state index contributed by atoms with van der Waals surface area (Å²) in [5, 5.41) is 8.46. The highest BCUT2D eigenvalue weighted by molar-refractivity contribution is 7.89. The Hall–Kier alpha value is -0.930. The lowest BCUT2D eigenvalue weighted by Gasteiger charge is -2.35. The lowest BCUT2D eigenvalue weighted by Crippen LogP contribution is -2.50. The number of piperidine rings is 1. The molecule has 18 heavy (non-hydrogen) atoms. The maximum Gasteiger partial charge on any atom is 0.214 e. The summed E-state index contributed by atoms with van der Waals surface area (Å²) >= 11 is 0. The van der Waals surface area contributed by atoms with Crippen molar-refractivity contribution in [1.29, 1.82) is 5.26 Å². The molecule has 0 bridgehead atoms. The summed E-state index contributed by atoms with van der Waals surface area (Å²) in [5.74, 6) is 0.170. The van der Waals surface area contributed by atoms with E-state index in [1.54, 1.807) is 0 Å². The summed E-state index contributed by atoms with van der Waals surface area (Å²) in [5.41, 5.74) is 0. The first kappa shape index (κ1) is 13.5. The van der Waals surface area contributed by atoms with Gasteiger partial charge < -0.3 is 0 Å². The van der Waals surface area contributed by atoms with Gasteiger partial charge >= 0.3 is 0 Å². The topological polar surface area (TPSA) is 78.2 Å². The Morgan fingerprint density at radius 1 is 1.39 bits per heavy atom. The van der Waals surface area contributed by atoms with Gasteiger partial charge in [-0.3, -0.25) is 4.79 Å². The fourth-order valence-corrected chi connectivity index (χ4v) is 4.81. The molecule has 6 heteroatoms. The lowest BCUT2D eigenvalue weighted by atomic mass is 9.92. The van der Waals surface area contributed by atoms with Crippen LogP contribution in [0.25, 0.3) is 0 Å². The van der Waals surface area contributed by atoms with Gasteiger partial charge in [-0.25, -0.2) is 8.42 Å². The van der Waals surface area contributed by atoms with Crippen LogP contribution in [-0.2, 0) is 14.8 Å². The molecule has 2 rings (SSSR count). The van der Waals surface area contributed by atoms with Crippen LogP contribution < -0.4 is 0 Å². The molecule has 2 fully saturated rings. The van der Waals surface area contributed by atoms with E-state index in [-0.39, 0.29) is 29.9 Å². The Kier molecular flexibility index (Phi) is 4.03. The first-order valence-corrected chi connectivity index (χ1v) is 8.06. The van der Waals surface area contributed by atoms with Crippen LogP contribution in [0.1, 0.15) is 38.5 Å². The molecule has 0 aromatic rings. The van der Waals surface area contributed by atoms with E-state index < -0.39 is 10.0 Å². The van der Waals surface area contributed by atoms with Crippen molar-refractivity contribution in [1.82, 2.24) is 4.31 Å². The molecule has 0 aromatic heterocycles. The van der Waals surface area contributed by atoms with E-state index in [9.17, 15) is 13.2 Å². The highest BCUT2D eigenvalue weighted by Gasteiger charge is 2.44. The van der Waals surface area contributed by atoms with Gasteiger partial charge in [0.05, 0.1) is 11.8 Å². The molecule has 0 radical (unpaired) electrons. The second kappa shape index (κ2) is 5.37. The fourth-order valence-electron chi connectivity index (χ4n) is 3.03. The van der Waals surface area contributed by atoms with Crippen LogP contribution in [0.2, 0.25) is 0 Å². The second-order valence-corrected chi connectivity index (χ2v) is 7.05. The third kappa shape index (κ3) is 2.57. The number of hydrogen-bond acceptors (Lipinski definition) is 4. The number of carbonyl (C=O) groups is 1. The van der Waals surface area contributed by atoms with Crippen LogP contribution in [0.5, 0.6) is 0 Å². The molecule has 2 aliphatic rings. The summed E-state index contributed by atoms with van der Waals surface area (Å²) < 4.78 is 26.0. The van der Waals surface area contributed by atoms with Crippen molar-refractivity contribution in [3.8, 4) is 6.07 Å². The molecule has 2 atom stereocenters. The summed E-state index contributed by atoms with van der Waals surface area (Å²) in [6.07, 6.45) is 3.55. The summed E-state index contributed by atoms with van der Waals surface area (Å²) in [6, 6.07) is 1.85. The zero-order valence-corrected chi connectivity index (χ0v) is 11.2. The molecule has 1 aliphatic heterocycles. The van der Waals surface area contributed by atoms with Gasteiger partial charge in [-0.1, -0.05) is 6.42 Å².